The van der Waals surface area contributed by atoms with Crippen molar-refractivity contribution in [1.29, 1.82) is 0 Å². The van der Waals surface area contributed by atoms with Gasteiger partial charge < -0.3 is 9.84 Å². The predicted octanol–water partition coefficient (Wildman–Crippen LogP) is 2.54. The summed E-state index contributed by atoms with van der Waals surface area (Å²) in [5.41, 5.74) is 1.90. The highest BCUT2D eigenvalue weighted by Gasteiger charge is 2.10. The number of aliphatic hydroxyl groups excluding tert-OH is 1. The monoisotopic (exact) mass is 258 g/mol. The maximum Gasteiger partial charge on any atom is 0.216 e. The van der Waals surface area contributed by atoms with Crippen LogP contribution in [0.2, 0.25) is 0 Å². The second-order valence-electron chi connectivity index (χ2n) is 4.38. The molecule has 0 aliphatic heterocycles. The molecule has 1 N–H and O–H groups in total. The average Bonchev–Trinajstić information content (AvgIpc) is 2.48. The van der Waals surface area contributed by atoms with Crippen LogP contribution in [0.1, 0.15) is 30.2 Å². The van der Waals surface area contributed by atoms with E-state index in [-0.39, 0.29) is 0 Å². The van der Waals surface area contributed by atoms with Crippen LogP contribution in [-0.2, 0) is 6.42 Å². The molecule has 0 radical (unpaired) electrons. The summed E-state index contributed by atoms with van der Waals surface area (Å²) in [6.45, 7) is 0. The predicted molar refractivity (Wildman–Crippen MR) is 72.9 cm³/mol. The molecule has 4 nitrogen and oxygen atoms in total. The Morgan fingerprint density at radius 1 is 1.21 bits per heavy atom. The van der Waals surface area contributed by atoms with E-state index in [1.807, 2.05) is 18.2 Å². The Bertz CT molecular complexity index is 503. The minimum atomic E-state index is -0.569. The first kappa shape index (κ1) is 13.5. The number of hydrogen-bond acceptors (Lipinski definition) is 4. The number of hydrogen-bond donors (Lipinski definition) is 1. The Labute approximate surface area is 113 Å². The summed E-state index contributed by atoms with van der Waals surface area (Å²) >= 11 is 0. The third-order valence-corrected chi connectivity index (χ3v) is 3.00. The van der Waals surface area contributed by atoms with Crippen molar-refractivity contribution in [3.8, 4) is 5.88 Å². The zero-order valence-corrected chi connectivity index (χ0v) is 11.0. The highest BCUT2D eigenvalue weighted by Crippen LogP contribution is 2.19. The lowest BCUT2D eigenvalue weighted by molar-refractivity contribution is 0.159. The zero-order valence-electron chi connectivity index (χ0n) is 11.0. The van der Waals surface area contributed by atoms with E-state index in [4.69, 9.17) is 4.74 Å². The van der Waals surface area contributed by atoms with Crippen molar-refractivity contribution < 1.29 is 9.84 Å². The SMILES string of the molecule is COc1cc(C(O)CCCc2ccccc2)ncn1. The van der Waals surface area contributed by atoms with E-state index in [1.54, 1.807) is 13.2 Å². The van der Waals surface area contributed by atoms with Crippen LogP contribution in [0.15, 0.2) is 42.7 Å². The Hall–Kier alpha value is -1.94. The van der Waals surface area contributed by atoms with Crippen LogP contribution in [0, 0.1) is 0 Å². The Balaban J connectivity index is 1.85. The van der Waals surface area contributed by atoms with Gasteiger partial charge in [-0.25, -0.2) is 9.97 Å². The molecule has 0 bridgehead atoms. The van der Waals surface area contributed by atoms with E-state index in [0.717, 1.165) is 12.8 Å². The summed E-state index contributed by atoms with van der Waals surface area (Å²) in [5.74, 6) is 0.479. The molecule has 0 fully saturated rings. The zero-order chi connectivity index (χ0) is 13.5. The number of methoxy groups -OCH3 is 1. The largest absolute Gasteiger partial charge is 0.481 e. The van der Waals surface area contributed by atoms with E-state index < -0.39 is 6.10 Å². The molecule has 1 heterocycles. The van der Waals surface area contributed by atoms with Crippen molar-refractivity contribution in [2.75, 3.05) is 7.11 Å². The summed E-state index contributed by atoms with van der Waals surface area (Å²) < 4.78 is 5.02. The maximum absolute atomic E-state index is 10.1. The van der Waals surface area contributed by atoms with Crippen LogP contribution in [0.25, 0.3) is 0 Å². The van der Waals surface area contributed by atoms with Gasteiger partial charge in [-0.2, -0.15) is 0 Å². The van der Waals surface area contributed by atoms with Gasteiger partial charge in [0.1, 0.15) is 6.33 Å². The molecule has 0 aliphatic rings. The smallest absolute Gasteiger partial charge is 0.216 e. The molecule has 2 aromatic rings. The van der Waals surface area contributed by atoms with Gasteiger partial charge in [-0.05, 0) is 24.8 Å². The molecule has 100 valence electrons. The number of aliphatic hydroxyl groups is 1. The van der Waals surface area contributed by atoms with Gasteiger partial charge in [0.25, 0.3) is 0 Å². The first-order chi connectivity index (χ1) is 9.29. The van der Waals surface area contributed by atoms with Crippen molar-refractivity contribution in [1.82, 2.24) is 9.97 Å². The fourth-order valence-electron chi connectivity index (χ4n) is 1.94. The second-order valence-corrected chi connectivity index (χ2v) is 4.38. The van der Waals surface area contributed by atoms with Crippen LogP contribution in [0.3, 0.4) is 0 Å². The Kier molecular flexibility index (Phi) is 4.86. The summed E-state index contributed by atoms with van der Waals surface area (Å²) in [7, 11) is 1.55. The van der Waals surface area contributed by atoms with Gasteiger partial charge in [0.05, 0.1) is 18.9 Å². The third kappa shape index (κ3) is 4.03. The van der Waals surface area contributed by atoms with E-state index in [2.05, 4.69) is 22.1 Å². The lowest BCUT2D eigenvalue weighted by Crippen LogP contribution is -2.02. The van der Waals surface area contributed by atoms with Crippen molar-refractivity contribution in [3.05, 3.63) is 54.0 Å². The molecule has 1 aromatic heterocycles. The number of rotatable bonds is 6. The molecule has 1 aromatic carbocycles. The van der Waals surface area contributed by atoms with Crippen LogP contribution >= 0.6 is 0 Å². The average molecular weight is 258 g/mol. The number of aromatic nitrogens is 2. The molecule has 1 unspecified atom stereocenters. The summed E-state index contributed by atoms with van der Waals surface area (Å²) in [5, 5.41) is 10.1. The van der Waals surface area contributed by atoms with Crippen LogP contribution in [-0.4, -0.2) is 22.2 Å². The molecule has 0 saturated carbocycles. The lowest BCUT2D eigenvalue weighted by atomic mass is 10.0. The van der Waals surface area contributed by atoms with Gasteiger partial charge in [-0.3, -0.25) is 0 Å². The Morgan fingerprint density at radius 3 is 2.74 bits per heavy atom. The molecule has 2 rings (SSSR count). The van der Waals surface area contributed by atoms with Crippen molar-refractivity contribution >= 4 is 0 Å². The fraction of sp³-hybridized carbons (Fsp3) is 0.333. The van der Waals surface area contributed by atoms with Crippen LogP contribution in [0.4, 0.5) is 0 Å². The number of nitrogens with zero attached hydrogens (tertiary/aromatic N) is 2. The number of benzene rings is 1. The standard InChI is InChI=1S/C15H18N2O2/c1-19-15-10-13(16-11-17-15)14(18)9-5-8-12-6-3-2-4-7-12/h2-4,6-7,10-11,14,18H,5,8-9H2,1H3. The first-order valence-corrected chi connectivity index (χ1v) is 6.37. The normalized spacial score (nSPS) is 12.1. The summed E-state index contributed by atoms with van der Waals surface area (Å²) in [6, 6.07) is 11.9. The highest BCUT2D eigenvalue weighted by molar-refractivity contribution is 5.16. The van der Waals surface area contributed by atoms with Gasteiger partial charge in [0.15, 0.2) is 0 Å². The van der Waals surface area contributed by atoms with Gasteiger partial charge in [0.2, 0.25) is 5.88 Å². The molecule has 0 amide bonds. The fourth-order valence-corrected chi connectivity index (χ4v) is 1.94. The van der Waals surface area contributed by atoms with Gasteiger partial charge in [-0.15, -0.1) is 0 Å². The molecule has 0 spiro atoms. The Morgan fingerprint density at radius 2 is 2.00 bits per heavy atom. The molecule has 1 atom stereocenters. The minimum absolute atomic E-state index is 0.479. The number of aryl methyl sites for hydroxylation is 1. The molecule has 0 saturated heterocycles. The minimum Gasteiger partial charge on any atom is -0.481 e. The molecule has 4 heteroatoms. The summed E-state index contributed by atoms with van der Waals surface area (Å²) in [6.07, 6.45) is 3.39. The van der Waals surface area contributed by atoms with Crippen molar-refractivity contribution in [2.45, 2.75) is 25.4 Å². The van der Waals surface area contributed by atoms with E-state index in [9.17, 15) is 5.11 Å². The highest BCUT2D eigenvalue weighted by atomic mass is 16.5. The lowest BCUT2D eigenvalue weighted by Gasteiger charge is -2.10. The quantitative estimate of drug-likeness (QED) is 0.865. The van der Waals surface area contributed by atoms with Crippen LogP contribution in [0.5, 0.6) is 5.88 Å². The summed E-state index contributed by atoms with van der Waals surface area (Å²) in [4.78, 5) is 8.00. The maximum atomic E-state index is 10.1. The topological polar surface area (TPSA) is 55.2 Å². The van der Waals surface area contributed by atoms with E-state index in [1.165, 1.54) is 11.9 Å². The third-order valence-electron chi connectivity index (χ3n) is 3.00. The second kappa shape index (κ2) is 6.85. The van der Waals surface area contributed by atoms with E-state index in [0.29, 0.717) is 18.0 Å². The van der Waals surface area contributed by atoms with Gasteiger partial charge >= 0.3 is 0 Å². The number of ether oxygens (including phenoxy) is 1. The molecular formula is C15H18N2O2. The first-order valence-electron chi connectivity index (χ1n) is 6.37. The van der Waals surface area contributed by atoms with Gasteiger partial charge in [-0.1, -0.05) is 30.3 Å². The molecular weight excluding hydrogens is 240 g/mol. The van der Waals surface area contributed by atoms with Crippen LogP contribution < -0.4 is 4.74 Å². The molecule has 19 heavy (non-hydrogen) atoms. The van der Waals surface area contributed by atoms with Crippen molar-refractivity contribution in [2.24, 2.45) is 0 Å². The van der Waals surface area contributed by atoms with Crippen molar-refractivity contribution in [3.63, 3.8) is 0 Å². The van der Waals surface area contributed by atoms with Gasteiger partial charge in [0, 0.05) is 6.07 Å². The molecule has 0 aliphatic carbocycles. The van der Waals surface area contributed by atoms with E-state index >= 15 is 0 Å².